The molecule has 2 aliphatic rings. The number of hydrogen-bond donors (Lipinski definition) is 0. The quantitative estimate of drug-likeness (QED) is 0.536. The fourth-order valence-electron chi connectivity index (χ4n) is 3.48. The number of likely N-dealkylation sites (tertiary alicyclic amines) is 1. The molecule has 2 rings (SSSR count). The summed E-state index contributed by atoms with van der Waals surface area (Å²) in [6.07, 6.45) is 7.25. The van der Waals surface area contributed by atoms with Crippen LogP contribution in [0.5, 0.6) is 0 Å². The van der Waals surface area contributed by atoms with E-state index in [1.165, 1.54) is 38.6 Å². The highest BCUT2D eigenvalue weighted by Gasteiger charge is 2.48. The van der Waals surface area contributed by atoms with Crippen molar-refractivity contribution in [3.8, 4) is 0 Å². The molecule has 0 aromatic heterocycles. The van der Waals surface area contributed by atoms with Gasteiger partial charge in [0.2, 0.25) is 0 Å². The molecule has 1 nitrogen and oxygen atoms in total. The summed E-state index contributed by atoms with van der Waals surface area (Å²) in [7, 11) is 2.32. The van der Waals surface area contributed by atoms with Gasteiger partial charge in [-0.15, -0.1) is 0 Å². The fourth-order valence-corrected chi connectivity index (χ4v) is 3.48. The molecule has 0 radical (unpaired) electrons. The SMILES string of the molecule is CN1CC(C)(C)CC12CCCC2. The van der Waals surface area contributed by atoms with Crippen molar-refractivity contribution in [2.24, 2.45) is 5.41 Å². The van der Waals surface area contributed by atoms with Crippen LogP contribution in [0.15, 0.2) is 0 Å². The van der Waals surface area contributed by atoms with Crippen LogP contribution in [0.25, 0.3) is 0 Å². The Morgan fingerprint density at radius 2 is 1.67 bits per heavy atom. The van der Waals surface area contributed by atoms with Crippen LogP contribution in [0.4, 0.5) is 0 Å². The predicted molar refractivity (Wildman–Crippen MR) is 52.2 cm³/mol. The Balaban J connectivity index is 2.17. The highest BCUT2D eigenvalue weighted by atomic mass is 15.2. The molecule has 12 heavy (non-hydrogen) atoms. The van der Waals surface area contributed by atoms with Crippen LogP contribution in [-0.2, 0) is 0 Å². The minimum atomic E-state index is 0.569. The maximum absolute atomic E-state index is 2.62. The maximum Gasteiger partial charge on any atom is 0.0212 e. The second kappa shape index (κ2) is 2.47. The third kappa shape index (κ3) is 1.19. The molecular formula is C11H21N. The lowest BCUT2D eigenvalue weighted by Crippen LogP contribution is -2.37. The standard InChI is InChI=1S/C11H21N/c1-10(2)8-11(12(3)9-10)6-4-5-7-11/h4-9H2,1-3H3. The highest BCUT2D eigenvalue weighted by molar-refractivity contribution is 5.03. The van der Waals surface area contributed by atoms with Crippen molar-refractivity contribution in [2.75, 3.05) is 13.6 Å². The number of rotatable bonds is 0. The molecular weight excluding hydrogens is 146 g/mol. The Morgan fingerprint density at radius 1 is 1.08 bits per heavy atom. The molecule has 0 unspecified atom stereocenters. The molecule has 2 fully saturated rings. The van der Waals surface area contributed by atoms with Gasteiger partial charge < -0.3 is 4.90 Å². The second-order valence-corrected chi connectivity index (χ2v) is 5.63. The van der Waals surface area contributed by atoms with Gasteiger partial charge >= 0.3 is 0 Å². The average molecular weight is 167 g/mol. The monoisotopic (exact) mass is 167 g/mol. The van der Waals surface area contributed by atoms with E-state index < -0.39 is 0 Å². The van der Waals surface area contributed by atoms with Crippen molar-refractivity contribution < 1.29 is 0 Å². The zero-order chi connectivity index (χ0) is 8.82. The van der Waals surface area contributed by atoms with Gasteiger partial charge in [0.05, 0.1) is 0 Å². The smallest absolute Gasteiger partial charge is 0.0212 e. The van der Waals surface area contributed by atoms with E-state index in [1.54, 1.807) is 0 Å². The lowest BCUT2D eigenvalue weighted by atomic mass is 9.83. The molecule has 1 heterocycles. The Morgan fingerprint density at radius 3 is 2.08 bits per heavy atom. The van der Waals surface area contributed by atoms with Gasteiger partial charge in [0.25, 0.3) is 0 Å². The molecule has 1 aliphatic heterocycles. The minimum Gasteiger partial charge on any atom is -0.300 e. The van der Waals surface area contributed by atoms with E-state index in [0.717, 1.165) is 0 Å². The molecule has 0 atom stereocenters. The van der Waals surface area contributed by atoms with E-state index in [1.807, 2.05) is 0 Å². The lowest BCUT2D eigenvalue weighted by molar-refractivity contribution is 0.180. The van der Waals surface area contributed by atoms with Crippen LogP contribution in [0.2, 0.25) is 0 Å². The van der Waals surface area contributed by atoms with E-state index >= 15 is 0 Å². The summed E-state index contributed by atoms with van der Waals surface area (Å²) in [5, 5.41) is 0. The van der Waals surface area contributed by atoms with Crippen molar-refractivity contribution in [1.29, 1.82) is 0 Å². The lowest BCUT2D eigenvalue weighted by Gasteiger charge is -2.31. The molecule has 1 saturated heterocycles. The molecule has 0 N–H and O–H groups in total. The maximum atomic E-state index is 2.62. The largest absolute Gasteiger partial charge is 0.300 e. The summed E-state index contributed by atoms with van der Waals surface area (Å²) in [6.45, 7) is 6.13. The second-order valence-electron chi connectivity index (χ2n) is 5.63. The molecule has 1 saturated carbocycles. The Kier molecular flexibility index (Phi) is 1.76. The van der Waals surface area contributed by atoms with Crippen LogP contribution >= 0.6 is 0 Å². The third-order valence-electron chi connectivity index (χ3n) is 3.82. The third-order valence-corrected chi connectivity index (χ3v) is 3.82. The van der Waals surface area contributed by atoms with E-state index in [9.17, 15) is 0 Å². The van der Waals surface area contributed by atoms with Gasteiger partial charge in [0, 0.05) is 12.1 Å². The van der Waals surface area contributed by atoms with Gasteiger partial charge in [0.1, 0.15) is 0 Å². The summed E-state index contributed by atoms with van der Waals surface area (Å²) in [6, 6.07) is 0. The minimum absolute atomic E-state index is 0.569. The van der Waals surface area contributed by atoms with Crippen molar-refractivity contribution in [3.05, 3.63) is 0 Å². The first kappa shape index (κ1) is 8.55. The first-order chi connectivity index (χ1) is 5.54. The van der Waals surface area contributed by atoms with Crippen molar-refractivity contribution in [2.45, 2.75) is 51.5 Å². The van der Waals surface area contributed by atoms with Gasteiger partial charge in [-0.05, 0) is 31.7 Å². The highest BCUT2D eigenvalue weighted by Crippen LogP contribution is 2.48. The Labute approximate surface area is 76.1 Å². The summed E-state index contributed by atoms with van der Waals surface area (Å²) in [5.41, 5.74) is 1.18. The summed E-state index contributed by atoms with van der Waals surface area (Å²) < 4.78 is 0. The summed E-state index contributed by atoms with van der Waals surface area (Å²) >= 11 is 0. The van der Waals surface area contributed by atoms with Crippen molar-refractivity contribution in [3.63, 3.8) is 0 Å². The van der Waals surface area contributed by atoms with Gasteiger partial charge in [0.15, 0.2) is 0 Å². The first-order valence-corrected chi connectivity index (χ1v) is 5.25. The topological polar surface area (TPSA) is 3.24 Å². The number of nitrogens with zero attached hydrogens (tertiary/aromatic N) is 1. The molecule has 0 aromatic rings. The van der Waals surface area contributed by atoms with E-state index in [4.69, 9.17) is 0 Å². The van der Waals surface area contributed by atoms with Crippen LogP contribution < -0.4 is 0 Å². The zero-order valence-corrected chi connectivity index (χ0v) is 8.69. The molecule has 0 bridgehead atoms. The first-order valence-electron chi connectivity index (χ1n) is 5.25. The Bertz CT molecular complexity index is 177. The van der Waals surface area contributed by atoms with Gasteiger partial charge in [-0.25, -0.2) is 0 Å². The van der Waals surface area contributed by atoms with Crippen molar-refractivity contribution in [1.82, 2.24) is 4.90 Å². The van der Waals surface area contributed by atoms with Crippen LogP contribution in [0.3, 0.4) is 0 Å². The number of hydrogen-bond acceptors (Lipinski definition) is 1. The predicted octanol–water partition coefficient (Wildman–Crippen LogP) is 2.66. The molecule has 70 valence electrons. The van der Waals surface area contributed by atoms with E-state index in [2.05, 4.69) is 25.8 Å². The Hall–Kier alpha value is -0.0400. The van der Waals surface area contributed by atoms with Crippen molar-refractivity contribution >= 4 is 0 Å². The normalized spacial score (nSPS) is 33.2. The van der Waals surface area contributed by atoms with Crippen LogP contribution in [-0.4, -0.2) is 24.0 Å². The van der Waals surface area contributed by atoms with Gasteiger partial charge in [-0.3, -0.25) is 0 Å². The zero-order valence-electron chi connectivity index (χ0n) is 8.69. The van der Waals surface area contributed by atoms with Gasteiger partial charge in [-0.1, -0.05) is 26.7 Å². The van der Waals surface area contributed by atoms with Crippen LogP contribution in [0, 0.1) is 5.41 Å². The average Bonchev–Trinajstić information content (AvgIpc) is 2.42. The molecule has 1 spiro atoms. The molecule has 0 amide bonds. The molecule has 1 aliphatic carbocycles. The van der Waals surface area contributed by atoms with E-state index in [0.29, 0.717) is 11.0 Å². The van der Waals surface area contributed by atoms with Gasteiger partial charge in [-0.2, -0.15) is 0 Å². The molecule has 0 aromatic carbocycles. The fraction of sp³-hybridized carbons (Fsp3) is 1.00. The summed E-state index contributed by atoms with van der Waals surface area (Å²) in [4.78, 5) is 2.62. The van der Waals surface area contributed by atoms with E-state index in [-0.39, 0.29) is 0 Å². The van der Waals surface area contributed by atoms with Crippen LogP contribution in [0.1, 0.15) is 46.0 Å². The molecule has 1 heteroatoms. The summed E-state index contributed by atoms with van der Waals surface area (Å²) in [5.74, 6) is 0.